The van der Waals surface area contributed by atoms with Gasteiger partial charge in [0.1, 0.15) is 5.82 Å². The highest BCUT2D eigenvalue weighted by atomic mass is 19.1. The van der Waals surface area contributed by atoms with Gasteiger partial charge in [-0.25, -0.2) is 14.4 Å². The summed E-state index contributed by atoms with van der Waals surface area (Å²) in [6.45, 7) is 1.81. The average Bonchev–Trinajstić information content (AvgIpc) is 3.23. The van der Waals surface area contributed by atoms with Crippen molar-refractivity contribution in [3.05, 3.63) is 60.3 Å². The van der Waals surface area contributed by atoms with E-state index in [0.717, 1.165) is 11.3 Å². The predicted octanol–water partition coefficient (Wildman–Crippen LogP) is 4.59. The number of aromatic nitrogens is 4. The van der Waals surface area contributed by atoms with Crippen molar-refractivity contribution in [1.82, 2.24) is 19.9 Å². The number of ether oxygens (including phenoxy) is 1. The zero-order chi connectivity index (χ0) is 17.4. The maximum Gasteiger partial charge on any atom is 0.219 e. The molecule has 0 aliphatic carbocycles. The summed E-state index contributed by atoms with van der Waals surface area (Å²) in [6, 6.07) is 6.01. The molecule has 0 aliphatic rings. The number of pyridine rings is 1. The number of halogens is 2. The number of imidazole rings is 1. The highest BCUT2D eigenvalue weighted by Crippen LogP contribution is 2.34. The molecule has 3 aromatic heterocycles. The first kappa shape index (κ1) is 15.3. The fraction of sp³-hybridized carbons (Fsp3) is 0.111. The highest BCUT2D eigenvalue weighted by Gasteiger charge is 2.16. The molecular formula is C18H14F2N4O. The van der Waals surface area contributed by atoms with Crippen LogP contribution in [0.25, 0.3) is 22.2 Å². The van der Waals surface area contributed by atoms with Gasteiger partial charge in [-0.1, -0.05) is 6.92 Å². The van der Waals surface area contributed by atoms with E-state index in [0.29, 0.717) is 22.9 Å². The van der Waals surface area contributed by atoms with Crippen LogP contribution in [0.15, 0.2) is 43.0 Å². The lowest BCUT2D eigenvalue weighted by Crippen LogP contribution is -1.91. The molecule has 0 unspecified atom stereocenters. The molecule has 0 aliphatic heterocycles. The molecule has 5 nitrogen and oxygen atoms in total. The number of hydrogen-bond donors (Lipinski definition) is 2. The van der Waals surface area contributed by atoms with Crippen molar-refractivity contribution < 1.29 is 13.5 Å². The molecule has 1 aromatic carbocycles. The van der Waals surface area contributed by atoms with E-state index >= 15 is 0 Å². The van der Waals surface area contributed by atoms with Gasteiger partial charge in [0.15, 0.2) is 11.7 Å². The van der Waals surface area contributed by atoms with E-state index in [1.165, 1.54) is 12.1 Å². The SMILES string of the molecule is CCc1c(F)[nH]c2c(Oc3cc(-c4cnc[nH]4)ccn3)cc(F)cc12. The van der Waals surface area contributed by atoms with E-state index in [4.69, 9.17) is 4.74 Å². The Kier molecular flexibility index (Phi) is 3.68. The zero-order valence-corrected chi connectivity index (χ0v) is 13.3. The van der Waals surface area contributed by atoms with Crippen LogP contribution in [0.3, 0.4) is 0 Å². The van der Waals surface area contributed by atoms with Gasteiger partial charge in [-0.15, -0.1) is 0 Å². The minimum Gasteiger partial charge on any atom is -0.437 e. The molecule has 0 bridgehead atoms. The van der Waals surface area contributed by atoms with Gasteiger partial charge < -0.3 is 14.7 Å². The number of nitrogens with one attached hydrogen (secondary N) is 2. The molecule has 0 saturated heterocycles. The highest BCUT2D eigenvalue weighted by molar-refractivity contribution is 5.89. The molecule has 126 valence electrons. The van der Waals surface area contributed by atoms with E-state index < -0.39 is 11.8 Å². The summed E-state index contributed by atoms with van der Waals surface area (Å²) in [4.78, 5) is 13.7. The summed E-state index contributed by atoms with van der Waals surface area (Å²) in [5, 5.41) is 0.472. The topological polar surface area (TPSA) is 66.6 Å². The van der Waals surface area contributed by atoms with Crippen LogP contribution in [-0.2, 0) is 6.42 Å². The van der Waals surface area contributed by atoms with Crippen molar-refractivity contribution in [3.8, 4) is 22.9 Å². The maximum absolute atomic E-state index is 14.0. The third-order valence-corrected chi connectivity index (χ3v) is 4.00. The number of hydrogen-bond acceptors (Lipinski definition) is 3. The first-order chi connectivity index (χ1) is 12.2. The Morgan fingerprint density at radius 1 is 1.20 bits per heavy atom. The Balaban J connectivity index is 1.77. The van der Waals surface area contributed by atoms with Crippen molar-refractivity contribution in [3.63, 3.8) is 0 Å². The van der Waals surface area contributed by atoms with Crippen molar-refractivity contribution in [2.24, 2.45) is 0 Å². The van der Waals surface area contributed by atoms with Crippen LogP contribution in [0.5, 0.6) is 11.6 Å². The van der Waals surface area contributed by atoms with E-state index in [9.17, 15) is 8.78 Å². The van der Waals surface area contributed by atoms with Crippen LogP contribution in [-0.4, -0.2) is 19.9 Å². The quantitative estimate of drug-likeness (QED) is 0.571. The third-order valence-electron chi connectivity index (χ3n) is 4.00. The number of aromatic amines is 2. The normalized spacial score (nSPS) is 11.2. The smallest absolute Gasteiger partial charge is 0.219 e. The Morgan fingerprint density at radius 3 is 2.84 bits per heavy atom. The molecule has 0 atom stereocenters. The van der Waals surface area contributed by atoms with Gasteiger partial charge in [0.2, 0.25) is 5.88 Å². The Bertz CT molecular complexity index is 1040. The number of nitrogens with zero attached hydrogens (tertiary/aromatic N) is 2. The van der Waals surface area contributed by atoms with Gasteiger partial charge in [-0.2, -0.15) is 4.39 Å². The molecule has 7 heteroatoms. The van der Waals surface area contributed by atoms with Crippen LogP contribution in [0, 0.1) is 11.8 Å². The molecular weight excluding hydrogens is 326 g/mol. The number of fused-ring (bicyclic) bond motifs is 1. The van der Waals surface area contributed by atoms with Crippen molar-refractivity contribution in [2.45, 2.75) is 13.3 Å². The molecule has 0 fully saturated rings. The van der Waals surface area contributed by atoms with Gasteiger partial charge in [-0.05, 0) is 18.6 Å². The van der Waals surface area contributed by atoms with E-state index in [2.05, 4.69) is 19.9 Å². The molecule has 4 aromatic rings. The van der Waals surface area contributed by atoms with Gasteiger partial charge in [0.25, 0.3) is 0 Å². The van der Waals surface area contributed by atoms with E-state index in [1.54, 1.807) is 30.9 Å². The second-order valence-corrected chi connectivity index (χ2v) is 5.55. The van der Waals surface area contributed by atoms with Crippen LogP contribution < -0.4 is 4.74 Å². The number of H-pyrrole nitrogens is 2. The van der Waals surface area contributed by atoms with Crippen LogP contribution in [0.1, 0.15) is 12.5 Å². The average molecular weight is 340 g/mol. The third kappa shape index (κ3) is 2.73. The Hall–Kier alpha value is -3.22. The minimum atomic E-state index is -0.499. The number of benzene rings is 1. The Labute approximate surface area is 141 Å². The number of aryl methyl sites for hydroxylation is 1. The predicted molar refractivity (Wildman–Crippen MR) is 89.5 cm³/mol. The molecule has 25 heavy (non-hydrogen) atoms. The molecule has 0 amide bonds. The van der Waals surface area contributed by atoms with E-state index in [-0.39, 0.29) is 11.6 Å². The van der Waals surface area contributed by atoms with Crippen LogP contribution in [0.2, 0.25) is 0 Å². The summed E-state index contributed by atoms with van der Waals surface area (Å²) in [6.07, 6.45) is 5.27. The minimum absolute atomic E-state index is 0.183. The summed E-state index contributed by atoms with van der Waals surface area (Å²) < 4.78 is 33.8. The molecule has 0 saturated carbocycles. The van der Waals surface area contributed by atoms with Crippen LogP contribution >= 0.6 is 0 Å². The monoisotopic (exact) mass is 340 g/mol. The lowest BCUT2D eigenvalue weighted by molar-refractivity contribution is 0.462. The first-order valence-corrected chi connectivity index (χ1v) is 7.78. The summed E-state index contributed by atoms with van der Waals surface area (Å²) in [5.41, 5.74) is 2.46. The second kappa shape index (κ2) is 6.01. The molecule has 0 spiro atoms. The second-order valence-electron chi connectivity index (χ2n) is 5.55. The summed E-state index contributed by atoms with van der Waals surface area (Å²) in [7, 11) is 0. The molecule has 0 radical (unpaired) electrons. The standard InChI is InChI=1S/C18H14F2N4O/c1-2-12-13-6-11(19)7-15(17(13)24-18(12)20)25-16-5-10(3-4-22-16)14-8-21-9-23-14/h3-9,24H,2H2,1H3,(H,21,23). The van der Waals surface area contributed by atoms with Crippen molar-refractivity contribution >= 4 is 10.9 Å². The van der Waals surface area contributed by atoms with Gasteiger partial charge in [0.05, 0.1) is 23.7 Å². The lowest BCUT2D eigenvalue weighted by Gasteiger charge is -2.08. The van der Waals surface area contributed by atoms with Crippen LogP contribution in [0.4, 0.5) is 8.78 Å². The fourth-order valence-corrected chi connectivity index (χ4v) is 2.84. The molecule has 4 rings (SSSR count). The Morgan fingerprint density at radius 2 is 2.08 bits per heavy atom. The number of rotatable bonds is 4. The van der Waals surface area contributed by atoms with Gasteiger partial charge in [-0.3, -0.25) is 0 Å². The van der Waals surface area contributed by atoms with Crippen molar-refractivity contribution in [2.75, 3.05) is 0 Å². The largest absolute Gasteiger partial charge is 0.437 e. The molecule has 3 heterocycles. The zero-order valence-electron chi connectivity index (χ0n) is 13.3. The maximum atomic E-state index is 14.0. The van der Waals surface area contributed by atoms with Gasteiger partial charge >= 0.3 is 0 Å². The summed E-state index contributed by atoms with van der Waals surface area (Å²) in [5.74, 6) is -0.525. The summed E-state index contributed by atoms with van der Waals surface area (Å²) >= 11 is 0. The lowest BCUT2D eigenvalue weighted by atomic mass is 10.1. The van der Waals surface area contributed by atoms with Gasteiger partial charge in [0, 0.05) is 34.8 Å². The van der Waals surface area contributed by atoms with E-state index in [1.807, 2.05) is 6.92 Å². The fourth-order valence-electron chi connectivity index (χ4n) is 2.84. The first-order valence-electron chi connectivity index (χ1n) is 7.78. The molecule has 2 N–H and O–H groups in total. The van der Waals surface area contributed by atoms with Crippen molar-refractivity contribution in [1.29, 1.82) is 0 Å².